The van der Waals surface area contributed by atoms with Gasteiger partial charge in [0.15, 0.2) is 0 Å². The smallest absolute Gasteiger partial charge is 0.0646 e. The van der Waals surface area contributed by atoms with E-state index in [1.807, 2.05) is 0 Å². The summed E-state index contributed by atoms with van der Waals surface area (Å²) in [7, 11) is 0. The molecule has 0 spiro atoms. The van der Waals surface area contributed by atoms with Gasteiger partial charge in [-0.1, -0.05) is 27.2 Å². The minimum absolute atomic E-state index is 0.481. The molecular formula is C14H27N3. The average molecular weight is 237 g/mol. The summed E-state index contributed by atoms with van der Waals surface area (Å²) in [6.45, 7) is 14.1. The predicted octanol–water partition coefficient (Wildman–Crippen LogP) is 3.15. The summed E-state index contributed by atoms with van der Waals surface area (Å²) in [5, 5.41) is 8.21. The van der Waals surface area contributed by atoms with Crippen LogP contribution >= 0.6 is 0 Å². The molecule has 1 rings (SSSR count). The lowest BCUT2D eigenvalue weighted by Gasteiger charge is -2.21. The van der Waals surface area contributed by atoms with E-state index in [1.165, 1.54) is 24.1 Å². The Morgan fingerprint density at radius 3 is 2.29 bits per heavy atom. The SMILES string of the molecule is CCCC(CNC(C)C)n1nc(C)c(C)c1C. The third-order valence-corrected chi connectivity index (χ3v) is 3.42. The Kier molecular flexibility index (Phi) is 5.19. The largest absolute Gasteiger partial charge is 0.312 e. The normalized spacial score (nSPS) is 13.4. The van der Waals surface area contributed by atoms with Crippen molar-refractivity contribution in [2.24, 2.45) is 0 Å². The van der Waals surface area contributed by atoms with Crippen molar-refractivity contribution in [1.82, 2.24) is 15.1 Å². The molecule has 98 valence electrons. The van der Waals surface area contributed by atoms with E-state index >= 15 is 0 Å². The molecule has 1 aromatic heterocycles. The molecule has 0 aliphatic carbocycles. The van der Waals surface area contributed by atoms with Crippen molar-refractivity contribution in [3.8, 4) is 0 Å². The van der Waals surface area contributed by atoms with Gasteiger partial charge in [-0.25, -0.2) is 0 Å². The topological polar surface area (TPSA) is 29.9 Å². The lowest BCUT2D eigenvalue weighted by atomic mass is 10.1. The van der Waals surface area contributed by atoms with E-state index in [-0.39, 0.29) is 0 Å². The Labute approximate surface area is 106 Å². The van der Waals surface area contributed by atoms with Gasteiger partial charge < -0.3 is 5.32 Å². The number of aryl methyl sites for hydroxylation is 1. The van der Waals surface area contributed by atoms with Gasteiger partial charge in [-0.2, -0.15) is 5.10 Å². The van der Waals surface area contributed by atoms with Crippen molar-refractivity contribution in [3.05, 3.63) is 17.0 Å². The number of rotatable bonds is 6. The molecule has 0 aliphatic heterocycles. The van der Waals surface area contributed by atoms with Crippen LogP contribution in [0.4, 0.5) is 0 Å². The Morgan fingerprint density at radius 2 is 1.88 bits per heavy atom. The number of nitrogens with one attached hydrogen (secondary N) is 1. The number of hydrogen-bond donors (Lipinski definition) is 1. The molecule has 0 aromatic carbocycles. The van der Waals surface area contributed by atoms with E-state index in [0.29, 0.717) is 12.1 Å². The van der Waals surface area contributed by atoms with Crippen LogP contribution < -0.4 is 5.32 Å². The first-order valence-electron chi connectivity index (χ1n) is 6.73. The van der Waals surface area contributed by atoms with E-state index in [4.69, 9.17) is 0 Å². The van der Waals surface area contributed by atoms with E-state index in [1.54, 1.807) is 0 Å². The molecule has 1 aromatic rings. The van der Waals surface area contributed by atoms with Gasteiger partial charge in [0.05, 0.1) is 11.7 Å². The maximum atomic E-state index is 4.68. The lowest BCUT2D eigenvalue weighted by Crippen LogP contribution is -2.31. The van der Waals surface area contributed by atoms with E-state index in [9.17, 15) is 0 Å². The summed E-state index contributed by atoms with van der Waals surface area (Å²) >= 11 is 0. The fourth-order valence-electron chi connectivity index (χ4n) is 2.12. The van der Waals surface area contributed by atoms with Crippen LogP contribution in [0.2, 0.25) is 0 Å². The second-order valence-corrected chi connectivity index (χ2v) is 5.25. The third kappa shape index (κ3) is 3.56. The molecule has 0 fully saturated rings. The summed E-state index contributed by atoms with van der Waals surface area (Å²) < 4.78 is 2.21. The third-order valence-electron chi connectivity index (χ3n) is 3.42. The highest BCUT2D eigenvalue weighted by Gasteiger charge is 2.16. The molecule has 1 unspecified atom stereocenters. The molecule has 17 heavy (non-hydrogen) atoms. The van der Waals surface area contributed by atoms with Gasteiger partial charge in [0.1, 0.15) is 0 Å². The van der Waals surface area contributed by atoms with Gasteiger partial charge in [0.2, 0.25) is 0 Å². The fourth-order valence-corrected chi connectivity index (χ4v) is 2.12. The van der Waals surface area contributed by atoms with Gasteiger partial charge in [0, 0.05) is 18.3 Å². The molecule has 0 aliphatic rings. The van der Waals surface area contributed by atoms with Gasteiger partial charge in [-0.3, -0.25) is 4.68 Å². The van der Waals surface area contributed by atoms with Crippen LogP contribution in [0.1, 0.15) is 56.6 Å². The van der Waals surface area contributed by atoms with Gasteiger partial charge in [-0.15, -0.1) is 0 Å². The molecule has 3 heteroatoms. The van der Waals surface area contributed by atoms with Crippen molar-refractivity contribution in [1.29, 1.82) is 0 Å². The Bertz CT molecular complexity index is 353. The molecule has 0 saturated carbocycles. The van der Waals surface area contributed by atoms with E-state index < -0.39 is 0 Å². The summed E-state index contributed by atoms with van der Waals surface area (Å²) in [5.74, 6) is 0. The first kappa shape index (κ1) is 14.2. The first-order chi connectivity index (χ1) is 7.97. The second-order valence-electron chi connectivity index (χ2n) is 5.25. The Balaban J connectivity index is 2.85. The fraction of sp³-hybridized carbons (Fsp3) is 0.786. The monoisotopic (exact) mass is 237 g/mol. The molecule has 0 saturated heterocycles. The number of aromatic nitrogens is 2. The van der Waals surface area contributed by atoms with Crippen LogP contribution in [0, 0.1) is 20.8 Å². The minimum atomic E-state index is 0.481. The van der Waals surface area contributed by atoms with Crippen molar-refractivity contribution >= 4 is 0 Å². The van der Waals surface area contributed by atoms with Gasteiger partial charge in [-0.05, 0) is 32.8 Å². The standard InChI is InChI=1S/C14H27N3/c1-7-8-14(9-15-10(2)3)17-13(6)11(4)12(5)16-17/h10,14-15H,7-9H2,1-6H3. The van der Waals surface area contributed by atoms with Crippen LogP contribution in [0.5, 0.6) is 0 Å². The van der Waals surface area contributed by atoms with Crippen molar-refractivity contribution in [3.63, 3.8) is 0 Å². The zero-order chi connectivity index (χ0) is 13.0. The Hall–Kier alpha value is -0.830. The van der Waals surface area contributed by atoms with E-state index in [0.717, 1.165) is 12.2 Å². The van der Waals surface area contributed by atoms with Crippen molar-refractivity contribution in [2.75, 3.05) is 6.54 Å². The highest BCUT2D eigenvalue weighted by molar-refractivity contribution is 5.22. The summed E-state index contributed by atoms with van der Waals surface area (Å²) in [6.07, 6.45) is 2.38. The second kappa shape index (κ2) is 6.20. The van der Waals surface area contributed by atoms with Gasteiger partial charge in [0.25, 0.3) is 0 Å². The van der Waals surface area contributed by atoms with Crippen molar-refractivity contribution in [2.45, 2.75) is 66.5 Å². The maximum absolute atomic E-state index is 4.68. The zero-order valence-electron chi connectivity index (χ0n) is 12.2. The lowest BCUT2D eigenvalue weighted by molar-refractivity contribution is 0.375. The van der Waals surface area contributed by atoms with Crippen LogP contribution in [0.15, 0.2) is 0 Å². The highest BCUT2D eigenvalue weighted by atomic mass is 15.3. The zero-order valence-corrected chi connectivity index (χ0v) is 12.2. The molecule has 3 nitrogen and oxygen atoms in total. The van der Waals surface area contributed by atoms with Crippen LogP contribution in [0.3, 0.4) is 0 Å². The molecular weight excluding hydrogens is 210 g/mol. The summed E-state index contributed by atoms with van der Waals surface area (Å²) in [5.41, 5.74) is 3.80. The molecule has 1 heterocycles. The van der Waals surface area contributed by atoms with Gasteiger partial charge >= 0.3 is 0 Å². The van der Waals surface area contributed by atoms with Crippen LogP contribution in [-0.4, -0.2) is 22.4 Å². The van der Waals surface area contributed by atoms with Crippen LogP contribution in [-0.2, 0) is 0 Å². The van der Waals surface area contributed by atoms with Crippen molar-refractivity contribution < 1.29 is 0 Å². The number of nitrogens with zero attached hydrogens (tertiary/aromatic N) is 2. The first-order valence-corrected chi connectivity index (χ1v) is 6.73. The average Bonchev–Trinajstić information content (AvgIpc) is 2.52. The molecule has 0 amide bonds. The Morgan fingerprint density at radius 1 is 1.24 bits per heavy atom. The predicted molar refractivity (Wildman–Crippen MR) is 73.5 cm³/mol. The quantitative estimate of drug-likeness (QED) is 0.823. The van der Waals surface area contributed by atoms with Crippen LogP contribution in [0.25, 0.3) is 0 Å². The highest BCUT2D eigenvalue weighted by Crippen LogP contribution is 2.19. The maximum Gasteiger partial charge on any atom is 0.0646 e. The number of hydrogen-bond acceptors (Lipinski definition) is 2. The minimum Gasteiger partial charge on any atom is -0.312 e. The summed E-state index contributed by atoms with van der Waals surface area (Å²) in [6, 6.07) is 1.02. The van der Waals surface area contributed by atoms with E-state index in [2.05, 4.69) is 56.6 Å². The molecule has 0 radical (unpaired) electrons. The molecule has 0 bridgehead atoms. The molecule has 1 atom stereocenters. The summed E-state index contributed by atoms with van der Waals surface area (Å²) in [4.78, 5) is 0. The molecule has 1 N–H and O–H groups in total.